The highest BCUT2D eigenvalue weighted by atomic mass is 16.6. The fraction of sp³-hybridized carbons (Fsp3) is 0.444. The van der Waals surface area contributed by atoms with Crippen LogP contribution >= 0.6 is 0 Å². The van der Waals surface area contributed by atoms with Crippen LogP contribution in [-0.2, 0) is 4.84 Å². The fourth-order valence-electron chi connectivity index (χ4n) is 1.79. The Labute approximate surface area is 158 Å². The molecule has 1 aliphatic rings. The van der Waals surface area contributed by atoms with E-state index in [1.54, 1.807) is 19.1 Å². The maximum atomic E-state index is 11.1. The number of fused-ring (bicyclic) bond motifs is 1. The van der Waals surface area contributed by atoms with Gasteiger partial charge in [0.2, 0.25) is 0 Å². The molecule has 2 amide bonds. The van der Waals surface area contributed by atoms with Crippen molar-refractivity contribution in [1.82, 2.24) is 5.06 Å². The molecule has 9 heteroatoms. The summed E-state index contributed by atoms with van der Waals surface area (Å²) in [6.07, 6.45) is 1.97. The number of aliphatic hydroxyl groups is 1. The van der Waals surface area contributed by atoms with Crippen molar-refractivity contribution in [3.63, 3.8) is 0 Å². The predicted octanol–water partition coefficient (Wildman–Crippen LogP) is 1.91. The number of hydrogen-bond donors (Lipinski definition) is 3. The summed E-state index contributed by atoms with van der Waals surface area (Å²) in [5.74, 6) is 3.49. The van der Waals surface area contributed by atoms with Crippen molar-refractivity contribution in [2.45, 2.75) is 51.7 Å². The summed E-state index contributed by atoms with van der Waals surface area (Å²) in [6.45, 7) is 3.51. The number of hydrogen-bond acceptors (Lipinski definition) is 8. The lowest BCUT2D eigenvalue weighted by molar-refractivity contribution is -0.0327. The molecule has 146 valence electrons. The first kappa shape index (κ1) is 24.2. The second-order valence-corrected chi connectivity index (χ2v) is 5.66. The van der Waals surface area contributed by atoms with Crippen LogP contribution in [0.1, 0.15) is 60.2 Å². The molecule has 0 bridgehead atoms. The summed E-state index contributed by atoms with van der Waals surface area (Å²) < 4.78 is 0. The van der Waals surface area contributed by atoms with Gasteiger partial charge in [-0.25, -0.2) is 5.90 Å². The maximum absolute atomic E-state index is 11.1. The van der Waals surface area contributed by atoms with Gasteiger partial charge < -0.3 is 9.94 Å². The average Bonchev–Trinajstić information content (AvgIpc) is 2.90. The summed E-state index contributed by atoms with van der Waals surface area (Å²) in [5.41, 5.74) is 0.509. The Balaban J connectivity index is 0.000000399. The number of amides is 2. The molecular weight excluding hydrogens is 352 g/mol. The highest BCUT2D eigenvalue weighted by molar-refractivity contribution is 6.20. The van der Waals surface area contributed by atoms with E-state index in [0.29, 0.717) is 25.7 Å². The molecule has 0 spiro atoms. The molecule has 2 atom stereocenters. The van der Waals surface area contributed by atoms with Gasteiger partial charge in [-0.05, 0) is 38.8 Å². The van der Waals surface area contributed by atoms with E-state index in [4.69, 9.17) is 26.7 Å². The molecule has 0 radical (unpaired) electrons. The number of aliphatic hydroxyl groups excluding tert-OH is 1. The molecule has 27 heavy (non-hydrogen) atoms. The quantitative estimate of drug-likeness (QED) is 0.399. The lowest BCUT2D eigenvalue weighted by Gasteiger charge is -2.02. The first-order valence-electron chi connectivity index (χ1n) is 8.24. The molecule has 1 aromatic rings. The molecular formula is C18H24N4O5. The standard InChI is InChI=1S/C8H5NO3.C5H10N2O.C5H9NO/c10-7-5-3-1-2-4-6(5)8(11)9(7)12;1-5(8-7)3-2-4-6;1-5(7)3-2-4-6/h1-4,12H;5H,2-3,7H2,1H3;5,7H,2-3H2,1H3. The number of hydroxylamine groups is 2. The summed E-state index contributed by atoms with van der Waals surface area (Å²) in [6, 6.07) is 10.2. The first-order chi connectivity index (χ1) is 12.8. The van der Waals surface area contributed by atoms with E-state index in [1.165, 1.54) is 12.1 Å². The highest BCUT2D eigenvalue weighted by Gasteiger charge is 2.33. The van der Waals surface area contributed by atoms with Crippen molar-refractivity contribution >= 4 is 11.8 Å². The zero-order valence-corrected chi connectivity index (χ0v) is 15.3. The molecule has 0 aliphatic carbocycles. The molecule has 2 rings (SSSR count). The van der Waals surface area contributed by atoms with Crippen LogP contribution in [0.15, 0.2) is 24.3 Å². The van der Waals surface area contributed by atoms with Crippen LogP contribution < -0.4 is 5.90 Å². The van der Waals surface area contributed by atoms with E-state index in [0.717, 1.165) is 0 Å². The molecule has 1 aliphatic heterocycles. The number of nitrogens with two attached hydrogens (primary N) is 1. The lowest BCUT2D eigenvalue weighted by Crippen LogP contribution is -2.25. The first-order valence-corrected chi connectivity index (χ1v) is 8.24. The number of nitrogens with zero attached hydrogens (tertiary/aromatic N) is 3. The third-order valence-electron chi connectivity index (χ3n) is 3.34. The average molecular weight is 376 g/mol. The van der Waals surface area contributed by atoms with Crippen molar-refractivity contribution in [3.05, 3.63) is 35.4 Å². The monoisotopic (exact) mass is 376 g/mol. The van der Waals surface area contributed by atoms with Gasteiger partial charge in [0.05, 0.1) is 35.5 Å². The van der Waals surface area contributed by atoms with Gasteiger partial charge in [0.25, 0.3) is 11.8 Å². The number of nitriles is 2. The molecule has 1 heterocycles. The zero-order valence-electron chi connectivity index (χ0n) is 15.3. The number of carbonyl (C=O) groups is 2. The van der Waals surface area contributed by atoms with E-state index < -0.39 is 11.8 Å². The molecule has 1 aromatic carbocycles. The molecule has 0 saturated heterocycles. The molecule has 9 nitrogen and oxygen atoms in total. The Morgan fingerprint density at radius 3 is 1.85 bits per heavy atom. The zero-order chi connectivity index (χ0) is 20.8. The van der Waals surface area contributed by atoms with Gasteiger partial charge in [0.15, 0.2) is 0 Å². The topological polar surface area (TPSA) is 161 Å². The van der Waals surface area contributed by atoms with Crippen LogP contribution in [0.4, 0.5) is 0 Å². The van der Waals surface area contributed by atoms with Crippen molar-refractivity contribution in [1.29, 1.82) is 10.5 Å². The van der Waals surface area contributed by atoms with Crippen molar-refractivity contribution in [3.8, 4) is 12.1 Å². The number of rotatable bonds is 5. The summed E-state index contributed by atoms with van der Waals surface area (Å²) in [4.78, 5) is 26.5. The Morgan fingerprint density at radius 2 is 1.52 bits per heavy atom. The Bertz CT molecular complexity index is 659. The second-order valence-electron chi connectivity index (χ2n) is 5.66. The molecule has 0 aromatic heterocycles. The van der Waals surface area contributed by atoms with Gasteiger partial charge in [-0.15, -0.1) is 5.06 Å². The van der Waals surface area contributed by atoms with Gasteiger partial charge in [-0.2, -0.15) is 10.5 Å². The summed E-state index contributed by atoms with van der Waals surface area (Å²) >= 11 is 0. The van der Waals surface area contributed by atoms with Crippen LogP contribution in [0.2, 0.25) is 0 Å². The van der Waals surface area contributed by atoms with Crippen LogP contribution in [0.25, 0.3) is 0 Å². The fourth-order valence-corrected chi connectivity index (χ4v) is 1.79. The van der Waals surface area contributed by atoms with Crippen LogP contribution in [0, 0.1) is 22.7 Å². The van der Waals surface area contributed by atoms with E-state index >= 15 is 0 Å². The minimum atomic E-state index is -0.657. The Morgan fingerprint density at radius 1 is 1.07 bits per heavy atom. The summed E-state index contributed by atoms with van der Waals surface area (Å²) in [7, 11) is 0. The maximum Gasteiger partial charge on any atom is 0.285 e. The minimum Gasteiger partial charge on any atom is -0.393 e. The summed E-state index contributed by atoms with van der Waals surface area (Å²) in [5, 5.41) is 33.6. The largest absolute Gasteiger partial charge is 0.393 e. The molecule has 4 N–H and O–H groups in total. The minimum absolute atomic E-state index is 0.00894. The van der Waals surface area contributed by atoms with Gasteiger partial charge >= 0.3 is 0 Å². The normalized spacial score (nSPS) is 13.8. The number of imide groups is 1. The van der Waals surface area contributed by atoms with Crippen molar-refractivity contribution in [2.75, 3.05) is 0 Å². The number of carbonyl (C=O) groups excluding carboxylic acids is 2. The van der Waals surface area contributed by atoms with Gasteiger partial charge in [-0.1, -0.05) is 12.1 Å². The third kappa shape index (κ3) is 8.90. The predicted molar refractivity (Wildman–Crippen MR) is 94.8 cm³/mol. The Kier molecular flexibility index (Phi) is 12.0. The van der Waals surface area contributed by atoms with Crippen molar-refractivity contribution in [2.24, 2.45) is 5.90 Å². The second kappa shape index (κ2) is 13.4. The molecule has 0 saturated carbocycles. The van der Waals surface area contributed by atoms with Gasteiger partial charge in [-0.3, -0.25) is 14.8 Å². The SMILES string of the molecule is CC(CCC#N)ON.CC(O)CCC#N.O=C1c2ccccc2C(=O)N1O. The van der Waals surface area contributed by atoms with Crippen LogP contribution in [-0.4, -0.2) is 39.4 Å². The number of benzene rings is 1. The Hall–Kier alpha value is -2.82. The van der Waals surface area contributed by atoms with Crippen LogP contribution in [0.5, 0.6) is 0 Å². The molecule has 0 fully saturated rings. The van der Waals surface area contributed by atoms with Crippen LogP contribution in [0.3, 0.4) is 0 Å². The highest BCUT2D eigenvalue weighted by Crippen LogP contribution is 2.19. The van der Waals surface area contributed by atoms with E-state index in [-0.39, 0.29) is 28.4 Å². The van der Waals surface area contributed by atoms with Gasteiger partial charge in [0.1, 0.15) is 0 Å². The van der Waals surface area contributed by atoms with Gasteiger partial charge in [0, 0.05) is 12.8 Å². The van der Waals surface area contributed by atoms with E-state index in [9.17, 15) is 9.59 Å². The van der Waals surface area contributed by atoms with Crippen molar-refractivity contribution < 1.29 is 24.7 Å². The van der Waals surface area contributed by atoms with E-state index in [1.807, 2.05) is 19.1 Å². The third-order valence-corrected chi connectivity index (χ3v) is 3.34. The molecule has 2 unspecified atom stereocenters. The van der Waals surface area contributed by atoms with E-state index in [2.05, 4.69) is 4.84 Å². The lowest BCUT2D eigenvalue weighted by atomic mass is 10.1. The smallest absolute Gasteiger partial charge is 0.285 e.